The van der Waals surface area contributed by atoms with E-state index in [0.29, 0.717) is 52.9 Å². The molecule has 0 fully saturated rings. The summed E-state index contributed by atoms with van der Waals surface area (Å²) >= 11 is 0. The maximum Gasteiger partial charge on any atom is 0.119 e. The first-order valence-corrected chi connectivity index (χ1v) is 9.70. The van der Waals surface area contributed by atoms with Gasteiger partial charge in [0.25, 0.3) is 0 Å². The van der Waals surface area contributed by atoms with Crippen LogP contribution in [0.25, 0.3) is 0 Å². The van der Waals surface area contributed by atoms with E-state index in [9.17, 15) is 0 Å². The van der Waals surface area contributed by atoms with Gasteiger partial charge in [0.1, 0.15) is 24.7 Å². The van der Waals surface area contributed by atoms with Crippen molar-refractivity contribution in [3.05, 3.63) is 59.7 Å². The molecule has 2 aromatic carbocycles. The van der Waals surface area contributed by atoms with Crippen LogP contribution in [0.4, 0.5) is 0 Å². The molecule has 7 heteroatoms. The Hall–Kier alpha value is -2.16. The van der Waals surface area contributed by atoms with Crippen LogP contribution < -0.4 is 9.47 Å². The SMILES string of the molecule is OCc1ccc(OCCOCCOCCOCCOc2ccc(CO)cc2)cc1. The van der Waals surface area contributed by atoms with Gasteiger partial charge in [-0.05, 0) is 35.4 Å². The lowest BCUT2D eigenvalue weighted by atomic mass is 10.2. The second-order valence-corrected chi connectivity index (χ2v) is 6.14. The highest BCUT2D eigenvalue weighted by Gasteiger charge is 1.97. The van der Waals surface area contributed by atoms with Crippen molar-refractivity contribution in [3.63, 3.8) is 0 Å². The fourth-order valence-corrected chi connectivity index (χ4v) is 2.36. The lowest BCUT2D eigenvalue weighted by Crippen LogP contribution is -2.14. The fraction of sp³-hybridized carbons (Fsp3) is 0.455. The molecule has 0 atom stereocenters. The number of benzene rings is 2. The maximum atomic E-state index is 8.98. The third-order valence-corrected chi connectivity index (χ3v) is 3.95. The second-order valence-electron chi connectivity index (χ2n) is 6.14. The Bertz CT molecular complexity index is 586. The predicted octanol–water partition coefficient (Wildman–Crippen LogP) is 2.18. The highest BCUT2D eigenvalue weighted by molar-refractivity contribution is 5.27. The molecule has 0 aromatic heterocycles. The van der Waals surface area contributed by atoms with Gasteiger partial charge < -0.3 is 33.9 Å². The van der Waals surface area contributed by atoms with Gasteiger partial charge in [-0.2, -0.15) is 0 Å². The molecule has 0 spiro atoms. The summed E-state index contributed by atoms with van der Waals surface area (Å²) in [6.45, 7) is 3.96. The molecule has 0 heterocycles. The molecule has 0 radical (unpaired) electrons. The zero-order valence-corrected chi connectivity index (χ0v) is 16.6. The molecular formula is C22H30O7. The molecule has 0 aliphatic heterocycles. The summed E-state index contributed by atoms with van der Waals surface area (Å²) in [4.78, 5) is 0. The van der Waals surface area contributed by atoms with Crippen LogP contribution in [0.2, 0.25) is 0 Å². The summed E-state index contributed by atoms with van der Waals surface area (Å²) in [5.74, 6) is 1.51. The van der Waals surface area contributed by atoms with Crippen molar-refractivity contribution in [1.82, 2.24) is 0 Å². The molecule has 0 amide bonds. The fourth-order valence-electron chi connectivity index (χ4n) is 2.36. The van der Waals surface area contributed by atoms with Crippen molar-refractivity contribution in [2.24, 2.45) is 0 Å². The zero-order chi connectivity index (χ0) is 20.6. The lowest BCUT2D eigenvalue weighted by molar-refractivity contribution is 0.00499. The Balaban J connectivity index is 1.34. The number of aliphatic hydroxyl groups excluding tert-OH is 2. The third kappa shape index (κ3) is 10.3. The Kier molecular flexibility index (Phi) is 11.8. The van der Waals surface area contributed by atoms with Crippen LogP contribution in [-0.4, -0.2) is 63.1 Å². The monoisotopic (exact) mass is 406 g/mol. The average molecular weight is 406 g/mol. The van der Waals surface area contributed by atoms with Crippen molar-refractivity contribution in [3.8, 4) is 11.5 Å². The van der Waals surface area contributed by atoms with Crippen LogP contribution in [-0.2, 0) is 27.4 Å². The molecule has 0 bridgehead atoms. The number of ether oxygens (including phenoxy) is 5. The summed E-state index contributed by atoms with van der Waals surface area (Å²) < 4.78 is 27.4. The minimum absolute atomic E-state index is 0.0305. The molecule has 2 rings (SSSR count). The quantitative estimate of drug-likeness (QED) is 0.413. The van der Waals surface area contributed by atoms with E-state index in [1.54, 1.807) is 0 Å². The minimum atomic E-state index is 0.0305. The summed E-state index contributed by atoms with van der Waals surface area (Å²) in [6, 6.07) is 14.6. The van der Waals surface area contributed by atoms with Crippen molar-refractivity contribution in [1.29, 1.82) is 0 Å². The van der Waals surface area contributed by atoms with Crippen LogP contribution in [0, 0.1) is 0 Å². The molecule has 0 unspecified atom stereocenters. The molecule has 29 heavy (non-hydrogen) atoms. The minimum Gasteiger partial charge on any atom is -0.491 e. The zero-order valence-electron chi connectivity index (χ0n) is 16.6. The molecule has 2 N–H and O–H groups in total. The van der Waals surface area contributed by atoms with E-state index in [-0.39, 0.29) is 13.2 Å². The van der Waals surface area contributed by atoms with E-state index in [1.807, 2.05) is 48.5 Å². The van der Waals surface area contributed by atoms with Gasteiger partial charge in [-0.3, -0.25) is 0 Å². The Morgan fingerprint density at radius 1 is 0.448 bits per heavy atom. The standard InChI is InChI=1S/C22H30O7/c23-17-19-1-5-21(6-2-19)28-15-13-26-11-9-25-10-12-27-14-16-29-22-7-3-20(18-24)4-8-22/h1-8,23-24H,9-18H2. The predicted molar refractivity (Wildman–Crippen MR) is 108 cm³/mol. The van der Waals surface area contributed by atoms with Crippen LogP contribution in [0.15, 0.2) is 48.5 Å². The van der Waals surface area contributed by atoms with Crippen molar-refractivity contribution in [2.45, 2.75) is 13.2 Å². The summed E-state index contributed by atoms with van der Waals surface area (Å²) in [5.41, 5.74) is 1.71. The molecule has 160 valence electrons. The number of rotatable bonds is 16. The Morgan fingerprint density at radius 2 is 0.759 bits per heavy atom. The topological polar surface area (TPSA) is 86.6 Å². The van der Waals surface area contributed by atoms with Gasteiger partial charge in [0.2, 0.25) is 0 Å². The highest BCUT2D eigenvalue weighted by Crippen LogP contribution is 2.12. The first-order chi connectivity index (χ1) is 14.3. The normalized spacial score (nSPS) is 10.8. The summed E-state index contributed by atoms with van der Waals surface area (Å²) in [5, 5.41) is 18.0. The van der Waals surface area contributed by atoms with Gasteiger partial charge in [-0.15, -0.1) is 0 Å². The number of hydrogen-bond acceptors (Lipinski definition) is 7. The highest BCUT2D eigenvalue weighted by atomic mass is 16.6. The third-order valence-electron chi connectivity index (χ3n) is 3.95. The lowest BCUT2D eigenvalue weighted by Gasteiger charge is -2.09. The molecular weight excluding hydrogens is 376 g/mol. The van der Waals surface area contributed by atoms with Gasteiger partial charge in [0, 0.05) is 0 Å². The maximum absolute atomic E-state index is 8.98. The van der Waals surface area contributed by atoms with Gasteiger partial charge in [0.05, 0.1) is 52.9 Å². The van der Waals surface area contributed by atoms with E-state index >= 15 is 0 Å². The van der Waals surface area contributed by atoms with E-state index in [0.717, 1.165) is 22.6 Å². The number of aliphatic hydroxyl groups is 2. The first-order valence-electron chi connectivity index (χ1n) is 9.70. The van der Waals surface area contributed by atoms with Crippen molar-refractivity contribution < 1.29 is 33.9 Å². The molecule has 2 aromatic rings. The average Bonchev–Trinajstić information content (AvgIpc) is 2.77. The molecule has 7 nitrogen and oxygen atoms in total. The molecule has 0 saturated heterocycles. The van der Waals surface area contributed by atoms with Crippen LogP contribution in [0.1, 0.15) is 11.1 Å². The molecule has 0 saturated carbocycles. The van der Waals surface area contributed by atoms with Gasteiger partial charge in [-0.25, -0.2) is 0 Å². The van der Waals surface area contributed by atoms with E-state index in [4.69, 9.17) is 33.9 Å². The summed E-state index contributed by atoms with van der Waals surface area (Å²) in [7, 11) is 0. The van der Waals surface area contributed by atoms with E-state index in [2.05, 4.69) is 0 Å². The van der Waals surface area contributed by atoms with Crippen LogP contribution >= 0.6 is 0 Å². The van der Waals surface area contributed by atoms with Crippen molar-refractivity contribution >= 4 is 0 Å². The Morgan fingerprint density at radius 3 is 1.07 bits per heavy atom. The van der Waals surface area contributed by atoms with Gasteiger partial charge in [0.15, 0.2) is 0 Å². The Labute approximate surface area is 171 Å². The second kappa shape index (κ2) is 14.8. The van der Waals surface area contributed by atoms with Crippen molar-refractivity contribution in [2.75, 3.05) is 52.9 Å². The van der Waals surface area contributed by atoms with Crippen LogP contribution in [0.3, 0.4) is 0 Å². The number of hydrogen-bond donors (Lipinski definition) is 2. The first kappa shape index (κ1) is 23.1. The molecule has 0 aliphatic rings. The van der Waals surface area contributed by atoms with Gasteiger partial charge >= 0.3 is 0 Å². The summed E-state index contributed by atoms with van der Waals surface area (Å²) in [6.07, 6.45) is 0. The van der Waals surface area contributed by atoms with E-state index < -0.39 is 0 Å². The van der Waals surface area contributed by atoms with E-state index in [1.165, 1.54) is 0 Å². The van der Waals surface area contributed by atoms with Crippen LogP contribution in [0.5, 0.6) is 11.5 Å². The smallest absolute Gasteiger partial charge is 0.119 e. The van der Waals surface area contributed by atoms with Gasteiger partial charge in [-0.1, -0.05) is 24.3 Å². The molecule has 0 aliphatic carbocycles. The largest absolute Gasteiger partial charge is 0.491 e.